The van der Waals surface area contributed by atoms with Crippen LogP contribution in [0, 0.1) is 0 Å². The van der Waals surface area contributed by atoms with Crippen LogP contribution in [0.1, 0.15) is 22.7 Å². The van der Waals surface area contributed by atoms with Crippen LogP contribution in [0.15, 0.2) is 41.1 Å². The SMILES string of the molecule is NC(Cc1cc(Br)cc2c1OCC2)c1ccncc1. The molecule has 0 saturated heterocycles. The van der Waals surface area contributed by atoms with Gasteiger partial charge in [0.05, 0.1) is 6.61 Å². The van der Waals surface area contributed by atoms with E-state index >= 15 is 0 Å². The molecular formula is C15H15BrN2O. The largest absolute Gasteiger partial charge is 0.493 e. The molecule has 1 aliphatic rings. The number of aromatic nitrogens is 1. The number of nitrogens with two attached hydrogens (primary N) is 1. The van der Waals surface area contributed by atoms with Crippen LogP contribution in [0.25, 0.3) is 0 Å². The van der Waals surface area contributed by atoms with Crippen LogP contribution >= 0.6 is 15.9 Å². The first-order chi connectivity index (χ1) is 9.24. The first kappa shape index (κ1) is 12.6. The first-order valence-electron chi connectivity index (χ1n) is 6.33. The molecule has 4 heteroatoms. The van der Waals surface area contributed by atoms with E-state index in [4.69, 9.17) is 10.5 Å². The molecule has 0 radical (unpaired) electrons. The number of fused-ring (bicyclic) bond motifs is 1. The maximum atomic E-state index is 6.27. The minimum Gasteiger partial charge on any atom is -0.493 e. The maximum Gasteiger partial charge on any atom is 0.125 e. The van der Waals surface area contributed by atoms with Gasteiger partial charge in [-0.15, -0.1) is 0 Å². The minimum absolute atomic E-state index is 0.0365. The van der Waals surface area contributed by atoms with Gasteiger partial charge >= 0.3 is 0 Å². The second-order valence-corrected chi connectivity index (χ2v) is 5.66. The fraction of sp³-hybridized carbons (Fsp3) is 0.267. The Bertz CT molecular complexity index is 586. The number of nitrogens with zero attached hydrogens (tertiary/aromatic N) is 1. The molecule has 0 bridgehead atoms. The highest BCUT2D eigenvalue weighted by molar-refractivity contribution is 9.10. The van der Waals surface area contributed by atoms with E-state index in [1.54, 1.807) is 12.4 Å². The Labute approximate surface area is 120 Å². The van der Waals surface area contributed by atoms with Crippen LogP contribution < -0.4 is 10.5 Å². The Balaban J connectivity index is 1.88. The highest BCUT2D eigenvalue weighted by atomic mass is 79.9. The van der Waals surface area contributed by atoms with Gasteiger partial charge in [0.25, 0.3) is 0 Å². The minimum atomic E-state index is -0.0365. The monoisotopic (exact) mass is 318 g/mol. The number of pyridine rings is 1. The molecule has 98 valence electrons. The Morgan fingerprint density at radius 3 is 2.89 bits per heavy atom. The van der Waals surface area contributed by atoms with E-state index in [1.807, 2.05) is 12.1 Å². The average Bonchev–Trinajstić information content (AvgIpc) is 2.88. The van der Waals surface area contributed by atoms with Crippen molar-refractivity contribution in [3.05, 3.63) is 57.8 Å². The molecule has 3 nitrogen and oxygen atoms in total. The Morgan fingerprint density at radius 2 is 2.11 bits per heavy atom. The number of benzene rings is 1. The molecule has 0 amide bonds. The number of halogens is 1. The van der Waals surface area contributed by atoms with E-state index in [-0.39, 0.29) is 6.04 Å². The summed E-state index contributed by atoms with van der Waals surface area (Å²) in [4.78, 5) is 4.02. The van der Waals surface area contributed by atoms with Crippen molar-refractivity contribution in [1.82, 2.24) is 4.98 Å². The van der Waals surface area contributed by atoms with Crippen molar-refractivity contribution in [2.24, 2.45) is 5.73 Å². The standard InChI is InChI=1S/C15H15BrN2O/c16-13-7-11-3-6-19-15(11)12(8-13)9-14(17)10-1-4-18-5-2-10/h1-2,4-5,7-8,14H,3,6,9,17H2. The fourth-order valence-corrected chi connectivity index (χ4v) is 3.02. The molecule has 1 unspecified atom stereocenters. The third-order valence-electron chi connectivity index (χ3n) is 3.40. The molecule has 1 atom stereocenters. The van der Waals surface area contributed by atoms with Gasteiger partial charge in [0.2, 0.25) is 0 Å². The number of hydrogen-bond donors (Lipinski definition) is 1. The zero-order valence-electron chi connectivity index (χ0n) is 10.5. The number of ether oxygens (including phenoxy) is 1. The Morgan fingerprint density at radius 1 is 1.32 bits per heavy atom. The summed E-state index contributed by atoms with van der Waals surface area (Å²) >= 11 is 3.56. The summed E-state index contributed by atoms with van der Waals surface area (Å²) in [6.45, 7) is 0.767. The Kier molecular flexibility index (Phi) is 3.53. The first-order valence-corrected chi connectivity index (χ1v) is 7.13. The molecule has 0 spiro atoms. The molecule has 0 fully saturated rings. The summed E-state index contributed by atoms with van der Waals surface area (Å²) in [6, 6.07) is 8.12. The van der Waals surface area contributed by atoms with Crippen molar-refractivity contribution < 1.29 is 4.74 Å². The normalized spacial score (nSPS) is 14.8. The molecule has 2 aromatic rings. The highest BCUT2D eigenvalue weighted by Crippen LogP contribution is 2.34. The molecule has 0 saturated carbocycles. The quantitative estimate of drug-likeness (QED) is 0.946. The average molecular weight is 319 g/mol. The fourth-order valence-electron chi connectivity index (χ4n) is 2.46. The summed E-state index contributed by atoms with van der Waals surface area (Å²) < 4.78 is 6.82. The van der Waals surface area contributed by atoms with Crippen molar-refractivity contribution in [1.29, 1.82) is 0 Å². The highest BCUT2D eigenvalue weighted by Gasteiger charge is 2.19. The van der Waals surface area contributed by atoms with Crippen molar-refractivity contribution in [2.75, 3.05) is 6.61 Å². The summed E-state index contributed by atoms with van der Waals surface area (Å²) in [6.07, 6.45) is 5.30. The van der Waals surface area contributed by atoms with Gasteiger partial charge in [-0.1, -0.05) is 15.9 Å². The summed E-state index contributed by atoms with van der Waals surface area (Å²) in [5.74, 6) is 1.02. The van der Waals surface area contributed by atoms with Crippen LogP contribution in [0.3, 0.4) is 0 Å². The lowest BCUT2D eigenvalue weighted by Gasteiger charge is -2.15. The van der Waals surface area contributed by atoms with Crippen LogP contribution in [0.4, 0.5) is 0 Å². The number of rotatable bonds is 3. The van der Waals surface area contributed by atoms with Crippen molar-refractivity contribution in [3.8, 4) is 5.75 Å². The zero-order valence-corrected chi connectivity index (χ0v) is 12.1. The van der Waals surface area contributed by atoms with E-state index in [0.717, 1.165) is 35.2 Å². The van der Waals surface area contributed by atoms with Gasteiger partial charge in [-0.05, 0) is 47.4 Å². The van der Waals surface area contributed by atoms with Crippen LogP contribution in [0.5, 0.6) is 5.75 Å². The lowest BCUT2D eigenvalue weighted by atomic mass is 9.98. The molecule has 1 aromatic heterocycles. The number of hydrogen-bond acceptors (Lipinski definition) is 3. The lowest BCUT2D eigenvalue weighted by molar-refractivity contribution is 0.352. The predicted octanol–water partition coefficient (Wildman–Crippen LogP) is 3.02. The molecule has 2 heterocycles. The molecule has 1 aliphatic heterocycles. The van der Waals surface area contributed by atoms with Gasteiger partial charge < -0.3 is 10.5 Å². The molecule has 19 heavy (non-hydrogen) atoms. The summed E-state index contributed by atoms with van der Waals surface area (Å²) in [5.41, 5.74) is 9.81. The second-order valence-electron chi connectivity index (χ2n) is 4.74. The van der Waals surface area contributed by atoms with E-state index in [9.17, 15) is 0 Å². The van der Waals surface area contributed by atoms with Crippen LogP contribution in [-0.2, 0) is 12.8 Å². The van der Waals surface area contributed by atoms with Crippen molar-refractivity contribution >= 4 is 15.9 Å². The molecule has 3 rings (SSSR count). The van der Waals surface area contributed by atoms with Gasteiger partial charge in [-0.3, -0.25) is 4.98 Å². The third-order valence-corrected chi connectivity index (χ3v) is 3.86. The molecule has 0 aliphatic carbocycles. The van der Waals surface area contributed by atoms with Gasteiger partial charge in [0, 0.05) is 29.3 Å². The van der Waals surface area contributed by atoms with Gasteiger partial charge in [-0.25, -0.2) is 0 Å². The lowest BCUT2D eigenvalue weighted by Crippen LogP contribution is -2.13. The van der Waals surface area contributed by atoms with E-state index in [1.165, 1.54) is 11.1 Å². The van der Waals surface area contributed by atoms with Crippen molar-refractivity contribution in [3.63, 3.8) is 0 Å². The van der Waals surface area contributed by atoms with E-state index < -0.39 is 0 Å². The summed E-state index contributed by atoms with van der Waals surface area (Å²) in [7, 11) is 0. The molecule has 1 aromatic carbocycles. The van der Waals surface area contributed by atoms with Gasteiger partial charge in [0.1, 0.15) is 5.75 Å². The third kappa shape index (κ3) is 2.65. The van der Waals surface area contributed by atoms with E-state index in [2.05, 4.69) is 33.0 Å². The van der Waals surface area contributed by atoms with Crippen molar-refractivity contribution in [2.45, 2.75) is 18.9 Å². The smallest absolute Gasteiger partial charge is 0.125 e. The second kappa shape index (κ2) is 5.31. The van der Waals surface area contributed by atoms with E-state index in [0.29, 0.717) is 0 Å². The van der Waals surface area contributed by atoms with Gasteiger partial charge in [-0.2, -0.15) is 0 Å². The molecule has 2 N–H and O–H groups in total. The zero-order chi connectivity index (χ0) is 13.2. The maximum absolute atomic E-state index is 6.27. The van der Waals surface area contributed by atoms with Gasteiger partial charge in [0.15, 0.2) is 0 Å². The molecular weight excluding hydrogens is 304 g/mol. The Hall–Kier alpha value is -1.39. The van der Waals surface area contributed by atoms with Crippen LogP contribution in [-0.4, -0.2) is 11.6 Å². The van der Waals surface area contributed by atoms with Crippen LogP contribution in [0.2, 0.25) is 0 Å². The predicted molar refractivity (Wildman–Crippen MR) is 78.2 cm³/mol. The summed E-state index contributed by atoms with van der Waals surface area (Å²) in [5, 5.41) is 0. The topological polar surface area (TPSA) is 48.1 Å².